The Bertz CT molecular complexity index is 2840. The number of nitrogens with zero attached hydrogens (tertiary/aromatic N) is 4. The van der Waals surface area contributed by atoms with Gasteiger partial charge in [0.05, 0.1) is 48.8 Å². The lowest BCUT2D eigenvalue weighted by Gasteiger charge is -2.46. The molecule has 0 radical (unpaired) electrons. The summed E-state index contributed by atoms with van der Waals surface area (Å²) in [6.45, 7) is 1.37. The van der Waals surface area contributed by atoms with E-state index in [0.717, 1.165) is 17.7 Å². The van der Waals surface area contributed by atoms with Crippen molar-refractivity contribution in [2.24, 2.45) is 11.8 Å². The number of aromatic nitrogens is 1. The van der Waals surface area contributed by atoms with Crippen LogP contribution in [0.4, 0.5) is 22.7 Å². The largest absolute Gasteiger partial charge is 0.481 e. The van der Waals surface area contributed by atoms with E-state index in [1.807, 2.05) is 0 Å². The van der Waals surface area contributed by atoms with Crippen LogP contribution < -0.4 is 19.2 Å². The number of carbonyl (C=O) groups excluding carboxylic acids is 3. The number of nitrogens with one attached hydrogen (secondary N) is 2. The summed E-state index contributed by atoms with van der Waals surface area (Å²) in [6.07, 6.45) is 3.26. The summed E-state index contributed by atoms with van der Waals surface area (Å²) in [6, 6.07) is 17.3. The first-order valence-electron chi connectivity index (χ1n) is 18.7. The number of halogens is 4. The predicted octanol–water partition coefficient (Wildman–Crippen LogP) is 6.84. The number of amides is 3. The standard InChI is InChI=1S/C41H34Cl4N6O9S2/c1-2-49(22-19-23-17-20-46-21-18-23)40(54)32(36-38(52)47-26-11-3-5-13-28(26)50(36)61(57,58)30-15-7-9-24(42)34(30)44)33(41(55)56)37-39(53)48-27-12-4-6-14-29(27)51(37)62(59,60)31-16-8-10-25(43)35(31)45/h3-18,20-21,32-33,36-37H,2,19,22H2,1H3,(H,47,52)(H,48,53)(H,55,56)/t32?,33?,36-,37-/m1/s1. The number of aliphatic carboxylic acids is 1. The van der Waals surface area contributed by atoms with Crippen LogP contribution in [-0.4, -0.2) is 80.7 Å². The summed E-state index contributed by atoms with van der Waals surface area (Å²) in [5.74, 6) is -10.3. The highest BCUT2D eigenvalue weighted by Gasteiger charge is 2.59. The van der Waals surface area contributed by atoms with Crippen LogP contribution in [0.25, 0.3) is 0 Å². The smallest absolute Gasteiger partial charge is 0.310 e. The molecule has 0 saturated carbocycles. The Morgan fingerprint density at radius 3 is 1.60 bits per heavy atom. The van der Waals surface area contributed by atoms with Gasteiger partial charge in [0.25, 0.3) is 20.0 Å². The zero-order valence-corrected chi connectivity index (χ0v) is 36.8. The Balaban J connectivity index is 1.51. The van der Waals surface area contributed by atoms with E-state index in [0.29, 0.717) is 8.61 Å². The molecule has 3 heterocycles. The molecule has 21 heteroatoms. The molecule has 0 aliphatic carbocycles. The molecule has 3 N–H and O–H groups in total. The van der Waals surface area contributed by atoms with Crippen LogP contribution in [0.15, 0.2) is 119 Å². The zero-order chi connectivity index (χ0) is 44.7. The van der Waals surface area contributed by atoms with Crippen molar-refractivity contribution in [2.75, 3.05) is 32.3 Å². The maximum absolute atomic E-state index is 15.5. The number of carbonyl (C=O) groups is 4. The van der Waals surface area contributed by atoms with Crippen molar-refractivity contribution < 1.29 is 41.1 Å². The van der Waals surface area contributed by atoms with Crippen molar-refractivity contribution in [1.82, 2.24) is 9.88 Å². The number of carboxylic acids is 1. The van der Waals surface area contributed by atoms with Crippen molar-refractivity contribution in [2.45, 2.75) is 35.2 Å². The van der Waals surface area contributed by atoms with Crippen molar-refractivity contribution in [3.05, 3.63) is 135 Å². The summed E-state index contributed by atoms with van der Waals surface area (Å²) < 4.78 is 61.4. The van der Waals surface area contributed by atoms with Crippen molar-refractivity contribution in [3.8, 4) is 0 Å². The molecule has 2 aliphatic heterocycles. The summed E-state index contributed by atoms with van der Waals surface area (Å²) >= 11 is 25.6. The number of hydrogen-bond donors (Lipinski definition) is 3. The summed E-state index contributed by atoms with van der Waals surface area (Å²) in [5.41, 5.74) is 0.190. The highest BCUT2D eigenvalue weighted by atomic mass is 35.5. The second kappa shape index (κ2) is 17.7. The third kappa shape index (κ3) is 8.04. The number of benzene rings is 4. The Kier molecular flexibility index (Phi) is 12.8. The van der Waals surface area contributed by atoms with Crippen molar-refractivity contribution in [3.63, 3.8) is 0 Å². The number of para-hydroxylation sites is 4. The van der Waals surface area contributed by atoms with E-state index in [1.54, 1.807) is 19.1 Å². The molecule has 4 aromatic carbocycles. The molecule has 0 spiro atoms. The third-order valence-corrected chi connectivity index (χ3v) is 16.0. The van der Waals surface area contributed by atoms with E-state index in [-0.39, 0.29) is 52.3 Å². The van der Waals surface area contributed by atoms with Crippen LogP contribution in [0.2, 0.25) is 20.1 Å². The van der Waals surface area contributed by atoms with Gasteiger partial charge in [-0.3, -0.25) is 32.8 Å². The first-order valence-corrected chi connectivity index (χ1v) is 23.1. The van der Waals surface area contributed by atoms with Gasteiger partial charge in [0.1, 0.15) is 27.8 Å². The number of carboxylic acid groups (broad SMARTS) is 1. The van der Waals surface area contributed by atoms with Gasteiger partial charge in [0.2, 0.25) is 17.7 Å². The van der Waals surface area contributed by atoms with Crippen molar-refractivity contribution in [1.29, 1.82) is 0 Å². The predicted molar refractivity (Wildman–Crippen MR) is 235 cm³/mol. The van der Waals surface area contributed by atoms with Gasteiger partial charge in [-0.05, 0) is 79.6 Å². The third-order valence-electron chi connectivity index (χ3n) is 10.5. The minimum absolute atomic E-state index is 0.0391. The quantitative estimate of drug-likeness (QED) is 0.112. The first-order chi connectivity index (χ1) is 29.5. The molecule has 2 unspecified atom stereocenters. The molecule has 0 fully saturated rings. The van der Waals surface area contributed by atoms with Crippen molar-refractivity contribution >= 4 is 113 Å². The number of sulfonamides is 2. The van der Waals surface area contributed by atoms with Gasteiger partial charge in [0.15, 0.2) is 0 Å². The Labute approximate surface area is 376 Å². The van der Waals surface area contributed by atoms with Crippen LogP contribution >= 0.6 is 46.4 Å². The molecule has 2 aliphatic rings. The van der Waals surface area contributed by atoms with Gasteiger partial charge in [-0.1, -0.05) is 82.8 Å². The summed E-state index contributed by atoms with van der Waals surface area (Å²) in [4.78, 5) is 63.1. The molecule has 1 aromatic heterocycles. The van der Waals surface area contributed by atoms with E-state index in [4.69, 9.17) is 46.4 Å². The highest BCUT2D eigenvalue weighted by molar-refractivity contribution is 7.93. The van der Waals surface area contributed by atoms with Crippen LogP contribution in [-0.2, 0) is 45.6 Å². The molecular formula is C41H34Cl4N6O9S2. The fourth-order valence-corrected chi connectivity index (χ4v) is 12.4. The number of rotatable bonds is 13. The molecule has 0 bridgehead atoms. The highest BCUT2D eigenvalue weighted by Crippen LogP contribution is 2.47. The lowest BCUT2D eigenvalue weighted by Crippen LogP contribution is -2.66. The lowest BCUT2D eigenvalue weighted by atomic mass is 9.77. The number of anilines is 4. The number of fused-ring (bicyclic) bond motifs is 2. The van der Waals surface area contributed by atoms with Gasteiger partial charge < -0.3 is 20.6 Å². The lowest BCUT2D eigenvalue weighted by molar-refractivity contribution is -0.154. The number of pyridine rings is 1. The summed E-state index contributed by atoms with van der Waals surface area (Å²) in [7, 11) is -10.2. The topological polar surface area (TPSA) is 203 Å². The zero-order valence-electron chi connectivity index (χ0n) is 32.2. The maximum atomic E-state index is 15.5. The molecule has 5 aromatic rings. The minimum atomic E-state index is -5.11. The van der Waals surface area contributed by atoms with Gasteiger partial charge in [-0.15, -0.1) is 0 Å². The second-order valence-corrected chi connectivity index (χ2v) is 19.2. The Morgan fingerprint density at radius 1 is 0.694 bits per heavy atom. The second-order valence-electron chi connectivity index (χ2n) is 14.0. The Hall–Kier alpha value is -5.43. The van der Waals surface area contributed by atoms with Gasteiger partial charge in [-0.25, -0.2) is 16.8 Å². The number of hydrogen-bond acceptors (Lipinski definition) is 9. The average molecular weight is 961 g/mol. The molecular weight excluding hydrogens is 926 g/mol. The molecule has 7 rings (SSSR count). The normalized spacial score (nSPS) is 17.2. The van der Waals surface area contributed by atoms with Gasteiger partial charge >= 0.3 is 5.97 Å². The molecule has 15 nitrogen and oxygen atoms in total. The fourth-order valence-electron chi connectivity index (χ4n) is 7.64. The van der Waals surface area contributed by atoms with E-state index in [9.17, 15) is 19.5 Å². The average Bonchev–Trinajstić information content (AvgIpc) is 3.24. The molecule has 62 heavy (non-hydrogen) atoms. The van der Waals surface area contributed by atoms with Crippen LogP contribution in [0.3, 0.4) is 0 Å². The van der Waals surface area contributed by atoms with E-state index < -0.39 is 87.5 Å². The maximum Gasteiger partial charge on any atom is 0.310 e. The number of likely N-dealkylation sites (N-methyl/N-ethyl adjacent to an activating group) is 1. The van der Waals surface area contributed by atoms with Crippen LogP contribution in [0.5, 0.6) is 0 Å². The molecule has 322 valence electrons. The molecule has 3 amide bonds. The first kappa shape index (κ1) is 44.6. The van der Waals surface area contributed by atoms with E-state index in [2.05, 4.69) is 15.6 Å². The van der Waals surface area contributed by atoms with Crippen LogP contribution in [0, 0.1) is 11.8 Å². The van der Waals surface area contributed by atoms with Gasteiger partial charge in [-0.2, -0.15) is 0 Å². The molecule has 4 atom stereocenters. The molecule has 0 saturated heterocycles. The summed E-state index contributed by atoms with van der Waals surface area (Å²) in [5, 5.41) is 15.4. The van der Waals surface area contributed by atoms with Gasteiger partial charge in [0, 0.05) is 25.5 Å². The van der Waals surface area contributed by atoms with E-state index in [1.165, 1.54) is 90.1 Å². The van der Waals surface area contributed by atoms with E-state index >= 15 is 21.6 Å². The fraction of sp³-hybridized carbons (Fsp3) is 0.195. The van der Waals surface area contributed by atoms with Crippen LogP contribution in [0.1, 0.15) is 12.5 Å². The SMILES string of the molecule is CCN(CCc1ccncc1)C(=O)C(C(C(=O)O)[C@@H]1C(=O)Nc2ccccc2N1S(=O)(=O)c1cccc(Cl)c1Cl)[C@@H]1C(=O)Nc2ccccc2N1S(=O)(=O)c1cccc(Cl)c1Cl. The Morgan fingerprint density at radius 2 is 1.15 bits per heavy atom. The monoisotopic (exact) mass is 958 g/mol. The minimum Gasteiger partial charge on any atom is -0.481 e.